The molecule has 3 rings (SSSR count). The summed E-state index contributed by atoms with van der Waals surface area (Å²) in [7, 11) is 1.25. The average Bonchev–Trinajstić information content (AvgIpc) is 2.82. The summed E-state index contributed by atoms with van der Waals surface area (Å²) in [6, 6.07) is 13.8. The third kappa shape index (κ3) is 6.89. The normalized spacial score (nSPS) is 13.3. The number of halogens is 4. The highest BCUT2D eigenvalue weighted by atomic mass is 32.2. The highest BCUT2D eigenvalue weighted by molar-refractivity contribution is 7.80. The zero-order valence-electron chi connectivity index (χ0n) is 19.1. The van der Waals surface area contributed by atoms with Gasteiger partial charge in [0.25, 0.3) is 11.3 Å². The molecule has 0 bridgehead atoms. The first-order valence-electron chi connectivity index (χ1n) is 10.5. The maximum Gasteiger partial charge on any atom is 0.433 e. The third-order valence-electron chi connectivity index (χ3n) is 5.07. The molecule has 0 fully saturated rings. The van der Waals surface area contributed by atoms with Crippen LogP contribution < -0.4 is 14.9 Å². The van der Waals surface area contributed by atoms with Crippen LogP contribution in [-0.2, 0) is 22.2 Å². The molecule has 1 amide bonds. The quantitative estimate of drug-likeness (QED) is 0.208. The fraction of sp³-hybridized carbons (Fsp3) is 0.167. The summed E-state index contributed by atoms with van der Waals surface area (Å²) in [6.45, 7) is 1.61. The standard InChI is InChI=1S/C24H22F4N4O3S/c1-15(17-8-11-20(19(25)14-17)32(2)36(34)35)29-22(33)13-10-16-9-12-21(24(26,27)28)31-23(16)30-18-6-4-3-5-7-18/h3-15H,1-2H3,(H,29,33)(H,30,31)(H,34,35). The molecule has 1 aromatic heterocycles. The Labute approximate surface area is 207 Å². The topological polar surface area (TPSA) is 94.6 Å². The van der Waals surface area contributed by atoms with Crippen molar-refractivity contribution in [3.63, 3.8) is 0 Å². The first kappa shape index (κ1) is 26.8. The Balaban J connectivity index is 1.77. The summed E-state index contributed by atoms with van der Waals surface area (Å²) < 4.78 is 74.9. The number of benzene rings is 2. The molecule has 7 nitrogen and oxygen atoms in total. The molecule has 190 valence electrons. The number of pyridine rings is 1. The second-order valence-electron chi connectivity index (χ2n) is 7.63. The SMILES string of the molecule is CC(NC(=O)C=Cc1ccc(C(F)(F)F)nc1Nc1ccccc1)c1ccc(N(C)S(=O)O)c(F)c1. The molecule has 2 unspecified atom stereocenters. The second-order valence-corrected chi connectivity index (χ2v) is 8.63. The Bertz CT molecular complexity index is 1290. The van der Waals surface area contributed by atoms with Crippen LogP contribution in [0.5, 0.6) is 0 Å². The van der Waals surface area contributed by atoms with Crippen molar-refractivity contribution in [3.05, 3.63) is 89.4 Å². The van der Waals surface area contributed by atoms with Crippen LogP contribution in [0.3, 0.4) is 0 Å². The fourth-order valence-electron chi connectivity index (χ4n) is 3.16. The number of aromatic nitrogens is 1. The number of nitrogens with one attached hydrogen (secondary N) is 2. The molecule has 3 N–H and O–H groups in total. The largest absolute Gasteiger partial charge is 0.433 e. The van der Waals surface area contributed by atoms with Crippen molar-refractivity contribution in [2.45, 2.75) is 19.1 Å². The lowest BCUT2D eigenvalue weighted by atomic mass is 10.1. The minimum atomic E-state index is -4.64. The van der Waals surface area contributed by atoms with Crippen LogP contribution in [0.2, 0.25) is 0 Å². The first-order chi connectivity index (χ1) is 17.0. The Morgan fingerprint density at radius 2 is 1.83 bits per heavy atom. The van der Waals surface area contributed by atoms with Gasteiger partial charge >= 0.3 is 6.18 Å². The van der Waals surface area contributed by atoms with Crippen molar-refractivity contribution < 1.29 is 31.1 Å². The van der Waals surface area contributed by atoms with Crippen LogP contribution >= 0.6 is 0 Å². The molecule has 0 aliphatic carbocycles. The monoisotopic (exact) mass is 522 g/mol. The van der Waals surface area contributed by atoms with Gasteiger partial charge in [-0.1, -0.05) is 24.3 Å². The summed E-state index contributed by atoms with van der Waals surface area (Å²) in [4.78, 5) is 16.1. The molecule has 0 saturated heterocycles. The van der Waals surface area contributed by atoms with Gasteiger partial charge in [0, 0.05) is 24.4 Å². The molecule has 0 aliphatic rings. The summed E-state index contributed by atoms with van der Waals surface area (Å²) in [5.74, 6) is -1.41. The molecular formula is C24H22F4N4O3S. The van der Waals surface area contributed by atoms with E-state index in [1.54, 1.807) is 37.3 Å². The minimum Gasteiger partial charge on any atom is -0.346 e. The van der Waals surface area contributed by atoms with Gasteiger partial charge in [0.1, 0.15) is 17.3 Å². The van der Waals surface area contributed by atoms with Crippen molar-refractivity contribution >= 4 is 40.4 Å². The maximum atomic E-state index is 14.4. The first-order valence-corrected chi connectivity index (χ1v) is 11.5. The molecular weight excluding hydrogens is 500 g/mol. The van der Waals surface area contributed by atoms with Gasteiger partial charge in [-0.3, -0.25) is 13.7 Å². The molecule has 0 saturated carbocycles. The fourth-order valence-corrected chi connectivity index (χ4v) is 3.48. The predicted octanol–water partition coefficient (Wildman–Crippen LogP) is 5.45. The number of rotatable bonds is 8. The molecule has 0 aliphatic heterocycles. The number of anilines is 3. The van der Waals surface area contributed by atoms with Crippen molar-refractivity contribution in [2.24, 2.45) is 0 Å². The third-order valence-corrected chi connectivity index (χ3v) is 5.74. The van der Waals surface area contributed by atoms with E-state index in [0.29, 0.717) is 11.3 Å². The highest BCUT2D eigenvalue weighted by Gasteiger charge is 2.33. The summed E-state index contributed by atoms with van der Waals surface area (Å²) >= 11 is -2.40. The van der Waals surface area contributed by atoms with E-state index in [-0.39, 0.29) is 17.1 Å². The summed E-state index contributed by atoms with van der Waals surface area (Å²) in [5.41, 5.74) is -0.0235. The van der Waals surface area contributed by atoms with Crippen molar-refractivity contribution in [1.29, 1.82) is 0 Å². The molecule has 0 spiro atoms. The van der Waals surface area contributed by atoms with Crippen molar-refractivity contribution in [3.8, 4) is 0 Å². The molecule has 12 heteroatoms. The van der Waals surface area contributed by atoms with E-state index in [1.807, 2.05) is 0 Å². The zero-order valence-corrected chi connectivity index (χ0v) is 19.9. The number of hydrogen-bond acceptors (Lipinski definition) is 4. The number of hydrogen-bond donors (Lipinski definition) is 3. The predicted molar refractivity (Wildman–Crippen MR) is 130 cm³/mol. The summed E-state index contributed by atoms with van der Waals surface area (Å²) in [6.07, 6.45) is -2.20. The molecule has 2 aromatic carbocycles. The minimum absolute atomic E-state index is 0.0869. The van der Waals surface area contributed by atoms with Gasteiger partial charge in [-0.05, 0) is 55.0 Å². The van der Waals surface area contributed by atoms with E-state index >= 15 is 0 Å². The number of nitrogens with zero attached hydrogens (tertiary/aromatic N) is 2. The van der Waals surface area contributed by atoms with Crippen LogP contribution in [0.1, 0.15) is 29.8 Å². The van der Waals surface area contributed by atoms with Crippen LogP contribution in [-0.4, -0.2) is 26.7 Å². The maximum absolute atomic E-state index is 14.4. The van der Waals surface area contributed by atoms with E-state index in [0.717, 1.165) is 22.5 Å². The van der Waals surface area contributed by atoms with Gasteiger partial charge < -0.3 is 10.6 Å². The molecule has 36 heavy (non-hydrogen) atoms. The number of alkyl halides is 3. The smallest absolute Gasteiger partial charge is 0.346 e. The van der Waals surface area contributed by atoms with E-state index in [9.17, 15) is 26.6 Å². The van der Waals surface area contributed by atoms with Crippen molar-refractivity contribution in [2.75, 3.05) is 16.7 Å². The van der Waals surface area contributed by atoms with Gasteiger partial charge in [0.2, 0.25) is 5.91 Å². The lowest BCUT2D eigenvalue weighted by Gasteiger charge is -2.18. The average molecular weight is 523 g/mol. The van der Waals surface area contributed by atoms with Crippen LogP contribution in [0, 0.1) is 5.82 Å². The Kier molecular flexibility index (Phi) is 8.43. The molecule has 1 heterocycles. The molecule has 3 aromatic rings. The Hall–Kier alpha value is -3.77. The van der Waals surface area contributed by atoms with Crippen LogP contribution in [0.4, 0.5) is 34.8 Å². The van der Waals surface area contributed by atoms with Gasteiger partial charge in [0.05, 0.1) is 11.7 Å². The van der Waals surface area contributed by atoms with E-state index in [1.165, 1.54) is 31.3 Å². The van der Waals surface area contributed by atoms with Gasteiger partial charge in [-0.2, -0.15) is 13.2 Å². The van der Waals surface area contributed by atoms with Crippen LogP contribution in [0.15, 0.2) is 66.7 Å². The number of carbonyl (C=O) groups is 1. The molecule has 0 radical (unpaired) electrons. The van der Waals surface area contributed by atoms with E-state index in [2.05, 4.69) is 15.6 Å². The van der Waals surface area contributed by atoms with Gasteiger partial charge in [-0.15, -0.1) is 0 Å². The number of para-hydroxylation sites is 1. The van der Waals surface area contributed by atoms with Gasteiger partial charge in [0.15, 0.2) is 0 Å². The second kappa shape index (κ2) is 11.3. The highest BCUT2D eigenvalue weighted by Crippen LogP contribution is 2.31. The Morgan fingerprint density at radius 1 is 1.14 bits per heavy atom. The molecule has 2 atom stereocenters. The van der Waals surface area contributed by atoms with Gasteiger partial charge in [-0.25, -0.2) is 13.6 Å². The lowest BCUT2D eigenvalue weighted by Crippen LogP contribution is -2.25. The lowest BCUT2D eigenvalue weighted by molar-refractivity contribution is -0.141. The number of amides is 1. The number of carbonyl (C=O) groups excluding carboxylic acids is 1. The van der Waals surface area contributed by atoms with Crippen LogP contribution in [0.25, 0.3) is 6.08 Å². The summed E-state index contributed by atoms with van der Waals surface area (Å²) in [5, 5.41) is 5.46. The van der Waals surface area contributed by atoms with Crippen molar-refractivity contribution in [1.82, 2.24) is 10.3 Å². The van der Waals surface area contributed by atoms with E-state index < -0.39 is 40.9 Å². The zero-order chi connectivity index (χ0) is 26.5. The van der Waals surface area contributed by atoms with E-state index in [4.69, 9.17) is 4.55 Å². The Morgan fingerprint density at radius 3 is 2.44 bits per heavy atom.